The maximum atomic E-state index is 5.36. The third kappa shape index (κ3) is 4.57. The van der Waals surface area contributed by atoms with E-state index in [-0.39, 0.29) is 0 Å². The minimum absolute atomic E-state index is 0.422. The van der Waals surface area contributed by atoms with Crippen LogP contribution in [-0.4, -0.2) is 11.7 Å². The SMILES string of the molecule is Cc1ccc(NC(=S)NC[C@@H](C)c2ccccc2)cc1C. The van der Waals surface area contributed by atoms with Crippen molar-refractivity contribution in [3.63, 3.8) is 0 Å². The largest absolute Gasteiger partial charge is 0.362 e. The molecule has 2 rings (SSSR count). The highest BCUT2D eigenvalue weighted by Gasteiger charge is 2.06. The zero-order valence-corrected chi connectivity index (χ0v) is 13.6. The van der Waals surface area contributed by atoms with Crippen molar-refractivity contribution in [2.45, 2.75) is 26.7 Å². The van der Waals surface area contributed by atoms with E-state index in [0.29, 0.717) is 11.0 Å². The van der Waals surface area contributed by atoms with Crippen molar-refractivity contribution in [3.05, 3.63) is 65.2 Å². The van der Waals surface area contributed by atoms with Gasteiger partial charge in [0.25, 0.3) is 0 Å². The number of thiocarbonyl (C=S) groups is 1. The molecule has 0 saturated heterocycles. The van der Waals surface area contributed by atoms with E-state index in [1.54, 1.807) is 0 Å². The van der Waals surface area contributed by atoms with Gasteiger partial charge in [-0.1, -0.05) is 43.3 Å². The monoisotopic (exact) mass is 298 g/mol. The van der Waals surface area contributed by atoms with Gasteiger partial charge in [0.05, 0.1) is 0 Å². The third-order valence-electron chi connectivity index (χ3n) is 3.70. The predicted octanol–water partition coefficient (Wildman–Crippen LogP) is 4.39. The summed E-state index contributed by atoms with van der Waals surface area (Å²) < 4.78 is 0. The molecule has 2 N–H and O–H groups in total. The molecule has 2 aromatic carbocycles. The van der Waals surface area contributed by atoms with Crippen molar-refractivity contribution < 1.29 is 0 Å². The molecule has 0 amide bonds. The van der Waals surface area contributed by atoms with E-state index in [0.717, 1.165) is 12.2 Å². The van der Waals surface area contributed by atoms with Gasteiger partial charge < -0.3 is 10.6 Å². The number of aryl methyl sites for hydroxylation is 2. The summed E-state index contributed by atoms with van der Waals surface area (Å²) in [6, 6.07) is 16.7. The van der Waals surface area contributed by atoms with E-state index in [4.69, 9.17) is 12.2 Å². The number of hydrogen-bond donors (Lipinski definition) is 2. The summed E-state index contributed by atoms with van der Waals surface area (Å²) >= 11 is 5.36. The molecule has 0 aliphatic rings. The molecule has 2 nitrogen and oxygen atoms in total. The van der Waals surface area contributed by atoms with E-state index in [2.05, 4.69) is 73.9 Å². The number of hydrogen-bond acceptors (Lipinski definition) is 1. The Labute approximate surface area is 132 Å². The summed E-state index contributed by atoms with van der Waals surface area (Å²) in [6.45, 7) is 7.23. The topological polar surface area (TPSA) is 24.1 Å². The highest BCUT2D eigenvalue weighted by molar-refractivity contribution is 7.80. The molecule has 0 saturated carbocycles. The van der Waals surface area contributed by atoms with Crippen LogP contribution in [-0.2, 0) is 0 Å². The van der Waals surface area contributed by atoms with E-state index in [1.807, 2.05) is 6.07 Å². The summed E-state index contributed by atoms with van der Waals surface area (Å²) in [4.78, 5) is 0. The lowest BCUT2D eigenvalue weighted by atomic mass is 10.0. The van der Waals surface area contributed by atoms with Crippen LogP contribution in [0.5, 0.6) is 0 Å². The minimum Gasteiger partial charge on any atom is -0.362 e. The van der Waals surface area contributed by atoms with Crippen molar-refractivity contribution in [1.82, 2.24) is 5.32 Å². The quantitative estimate of drug-likeness (QED) is 0.818. The first-order valence-corrected chi connectivity index (χ1v) is 7.64. The Bertz CT molecular complexity index is 608. The van der Waals surface area contributed by atoms with Crippen LogP contribution in [0.1, 0.15) is 29.5 Å². The van der Waals surface area contributed by atoms with Gasteiger partial charge in [-0.15, -0.1) is 0 Å². The second kappa shape index (κ2) is 7.23. The third-order valence-corrected chi connectivity index (χ3v) is 3.95. The molecule has 0 spiro atoms. The number of anilines is 1. The summed E-state index contributed by atoms with van der Waals surface area (Å²) in [6.07, 6.45) is 0. The Kier molecular flexibility index (Phi) is 5.34. The number of rotatable bonds is 4. The Balaban J connectivity index is 1.86. The molecule has 2 aromatic rings. The van der Waals surface area contributed by atoms with Crippen LogP contribution in [0.3, 0.4) is 0 Å². The maximum absolute atomic E-state index is 5.36. The molecule has 1 atom stereocenters. The zero-order valence-electron chi connectivity index (χ0n) is 12.8. The molecule has 21 heavy (non-hydrogen) atoms. The highest BCUT2D eigenvalue weighted by Crippen LogP contribution is 2.15. The smallest absolute Gasteiger partial charge is 0.170 e. The predicted molar refractivity (Wildman–Crippen MR) is 95.0 cm³/mol. The van der Waals surface area contributed by atoms with Crippen molar-refractivity contribution in [1.29, 1.82) is 0 Å². The van der Waals surface area contributed by atoms with Gasteiger partial charge in [0.1, 0.15) is 0 Å². The Morgan fingerprint density at radius 3 is 2.43 bits per heavy atom. The van der Waals surface area contributed by atoms with E-state index < -0.39 is 0 Å². The van der Waals surface area contributed by atoms with Gasteiger partial charge in [-0.2, -0.15) is 0 Å². The molecule has 0 aliphatic carbocycles. The lowest BCUT2D eigenvalue weighted by molar-refractivity contribution is 0.723. The van der Waals surface area contributed by atoms with Crippen molar-refractivity contribution >= 4 is 23.0 Å². The lowest BCUT2D eigenvalue weighted by Gasteiger charge is -2.16. The molecule has 0 aliphatic heterocycles. The van der Waals surface area contributed by atoms with Crippen LogP contribution in [0.25, 0.3) is 0 Å². The van der Waals surface area contributed by atoms with E-state index in [9.17, 15) is 0 Å². The zero-order chi connectivity index (χ0) is 15.2. The standard InChI is InChI=1S/C18H22N2S/c1-13-9-10-17(11-14(13)2)20-18(21)19-12-15(3)16-7-5-4-6-8-16/h4-11,15H,12H2,1-3H3,(H2,19,20,21)/t15-/m1/s1. The summed E-state index contributed by atoms with van der Waals surface area (Å²) in [5.74, 6) is 0.422. The van der Waals surface area contributed by atoms with E-state index >= 15 is 0 Å². The first-order valence-electron chi connectivity index (χ1n) is 7.23. The normalized spacial score (nSPS) is 11.8. The molecule has 0 radical (unpaired) electrons. The first-order chi connectivity index (χ1) is 10.1. The van der Waals surface area contributed by atoms with Gasteiger partial charge in [0, 0.05) is 12.2 Å². The number of benzene rings is 2. The Hall–Kier alpha value is -1.87. The van der Waals surface area contributed by atoms with Gasteiger partial charge in [0.15, 0.2) is 5.11 Å². The van der Waals surface area contributed by atoms with Crippen LogP contribution in [0.2, 0.25) is 0 Å². The second-order valence-electron chi connectivity index (χ2n) is 5.45. The van der Waals surface area contributed by atoms with Crippen LogP contribution in [0.15, 0.2) is 48.5 Å². The summed E-state index contributed by atoms with van der Waals surface area (Å²) in [7, 11) is 0. The van der Waals surface area contributed by atoms with Crippen LogP contribution in [0, 0.1) is 13.8 Å². The van der Waals surface area contributed by atoms with Crippen LogP contribution >= 0.6 is 12.2 Å². The number of nitrogens with one attached hydrogen (secondary N) is 2. The Morgan fingerprint density at radius 1 is 1.05 bits per heavy atom. The minimum atomic E-state index is 0.422. The first kappa shape index (κ1) is 15.5. The Morgan fingerprint density at radius 2 is 1.76 bits per heavy atom. The van der Waals surface area contributed by atoms with Gasteiger partial charge >= 0.3 is 0 Å². The highest BCUT2D eigenvalue weighted by atomic mass is 32.1. The van der Waals surface area contributed by atoms with Crippen LogP contribution < -0.4 is 10.6 Å². The van der Waals surface area contributed by atoms with Crippen molar-refractivity contribution in [3.8, 4) is 0 Å². The van der Waals surface area contributed by atoms with Crippen LogP contribution in [0.4, 0.5) is 5.69 Å². The molecular formula is C18H22N2S. The average Bonchev–Trinajstić information content (AvgIpc) is 2.49. The van der Waals surface area contributed by atoms with E-state index in [1.165, 1.54) is 16.7 Å². The molecule has 0 unspecified atom stereocenters. The van der Waals surface area contributed by atoms with Gasteiger partial charge in [-0.25, -0.2) is 0 Å². The molecule has 3 heteroatoms. The fourth-order valence-corrected chi connectivity index (χ4v) is 2.34. The average molecular weight is 298 g/mol. The lowest BCUT2D eigenvalue weighted by Crippen LogP contribution is -2.31. The molecule has 0 aromatic heterocycles. The molecular weight excluding hydrogens is 276 g/mol. The second-order valence-corrected chi connectivity index (χ2v) is 5.85. The maximum Gasteiger partial charge on any atom is 0.170 e. The molecule has 0 bridgehead atoms. The van der Waals surface area contributed by atoms with Crippen molar-refractivity contribution in [2.24, 2.45) is 0 Å². The fraction of sp³-hybridized carbons (Fsp3) is 0.278. The van der Waals surface area contributed by atoms with Gasteiger partial charge in [-0.3, -0.25) is 0 Å². The molecule has 110 valence electrons. The van der Waals surface area contributed by atoms with Gasteiger partial charge in [0.2, 0.25) is 0 Å². The molecule has 0 heterocycles. The molecule has 0 fully saturated rings. The fourth-order valence-electron chi connectivity index (χ4n) is 2.14. The van der Waals surface area contributed by atoms with Gasteiger partial charge in [-0.05, 0) is 60.8 Å². The van der Waals surface area contributed by atoms with Crippen molar-refractivity contribution in [2.75, 3.05) is 11.9 Å². The summed E-state index contributed by atoms with van der Waals surface area (Å²) in [5, 5.41) is 7.19. The summed E-state index contributed by atoms with van der Waals surface area (Å²) in [5.41, 5.74) is 4.90.